The molecule has 0 aromatic carbocycles. The first kappa shape index (κ1) is 16.0. The molecule has 3 aromatic rings. The van der Waals surface area contributed by atoms with Crippen LogP contribution in [0.3, 0.4) is 0 Å². The lowest BCUT2D eigenvalue weighted by molar-refractivity contribution is -0.121. The average molecular weight is 328 g/mol. The zero-order chi connectivity index (χ0) is 17.1. The molecule has 3 aromatic heterocycles. The van der Waals surface area contributed by atoms with Gasteiger partial charge in [0.15, 0.2) is 0 Å². The molecule has 0 aliphatic heterocycles. The molecule has 0 unspecified atom stereocenters. The summed E-state index contributed by atoms with van der Waals surface area (Å²) >= 11 is 0. The topological polar surface area (TPSA) is 102 Å². The number of H-pyrrole nitrogens is 1. The Hall–Kier alpha value is -2.90. The van der Waals surface area contributed by atoms with E-state index < -0.39 is 0 Å². The van der Waals surface area contributed by atoms with E-state index in [-0.39, 0.29) is 12.5 Å². The highest BCUT2D eigenvalue weighted by Gasteiger charge is 2.13. The van der Waals surface area contributed by atoms with Gasteiger partial charge in [0.2, 0.25) is 17.6 Å². The fourth-order valence-electron chi connectivity index (χ4n) is 2.57. The lowest BCUT2D eigenvalue weighted by Crippen LogP contribution is -2.23. The number of nitrogens with zero attached hydrogens (tertiary/aromatic N) is 4. The molecule has 0 spiro atoms. The molecular formula is C16H20N6O2. The first-order valence-electron chi connectivity index (χ1n) is 7.76. The van der Waals surface area contributed by atoms with Crippen LogP contribution in [0.25, 0.3) is 11.5 Å². The van der Waals surface area contributed by atoms with E-state index >= 15 is 0 Å². The molecule has 126 valence electrons. The van der Waals surface area contributed by atoms with E-state index in [1.54, 1.807) is 0 Å². The second kappa shape index (κ2) is 6.69. The van der Waals surface area contributed by atoms with Crippen LogP contribution in [0.5, 0.6) is 0 Å². The summed E-state index contributed by atoms with van der Waals surface area (Å²) in [6.07, 6.45) is 2.95. The van der Waals surface area contributed by atoms with Crippen LogP contribution in [0.2, 0.25) is 0 Å². The van der Waals surface area contributed by atoms with Gasteiger partial charge in [-0.05, 0) is 38.0 Å². The highest BCUT2D eigenvalue weighted by molar-refractivity contribution is 5.76. The van der Waals surface area contributed by atoms with Crippen LogP contribution < -0.4 is 5.32 Å². The first-order chi connectivity index (χ1) is 11.5. The molecule has 0 aliphatic rings. The van der Waals surface area contributed by atoms with Gasteiger partial charge in [0, 0.05) is 25.4 Å². The Balaban J connectivity index is 1.52. The molecule has 8 heteroatoms. The minimum Gasteiger partial charge on any atom is -0.348 e. The van der Waals surface area contributed by atoms with Crippen molar-refractivity contribution in [2.45, 2.75) is 33.2 Å². The number of hydrogen-bond donors (Lipinski definition) is 2. The van der Waals surface area contributed by atoms with Gasteiger partial charge in [0.05, 0.1) is 17.9 Å². The Bertz CT molecular complexity index is 825. The van der Waals surface area contributed by atoms with E-state index in [4.69, 9.17) is 4.52 Å². The maximum absolute atomic E-state index is 12.0. The minimum atomic E-state index is -0.0615. The third-order valence-corrected chi connectivity index (χ3v) is 3.96. The molecule has 24 heavy (non-hydrogen) atoms. The van der Waals surface area contributed by atoms with Gasteiger partial charge in [-0.3, -0.25) is 9.89 Å². The van der Waals surface area contributed by atoms with E-state index in [0.29, 0.717) is 24.6 Å². The summed E-state index contributed by atoms with van der Waals surface area (Å²) in [4.78, 5) is 16.3. The second-order valence-electron chi connectivity index (χ2n) is 5.71. The molecule has 3 rings (SSSR count). The number of carbonyl (C=O) groups excluding carboxylic acids is 1. The Morgan fingerprint density at radius 2 is 2.25 bits per heavy atom. The summed E-state index contributed by atoms with van der Waals surface area (Å²) in [5, 5.41) is 13.8. The number of aromatic amines is 1. The van der Waals surface area contributed by atoms with E-state index in [1.165, 1.54) is 0 Å². The largest absolute Gasteiger partial charge is 0.348 e. The van der Waals surface area contributed by atoms with Crippen molar-refractivity contribution in [2.75, 3.05) is 0 Å². The lowest BCUT2D eigenvalue weighted by Gasteiger charge is -2.03. The van der Waals surface area contributed by atoms with Gasteiger partial charge < -0.3 is 14.4 Å². The van der Waals surface area contributed by atoms with Crippen molar-refractivity contribution in [2.24, 2.45) is 7.05 Å². The number of carbonyl (C=O) groups is 1. The molecule has 0 saturated heterocycles. The first-order valence-corrected chi connectivity index (χ1v) is 7.76. The molecule has 0 saturated carbocycles. The van der Waals surface area contributed by atoms with Crippen molar-refractivity contribution in [1.29, 1.82) is 0 Å². The molecule has 0 aliphatic carbocycles. The summed E-state index contributed by atoms with van der Waals surface area (Å²) in [5.41, 5.74) is 3.89. The second-order valence-corrected chi connectivity index (χ2v) is 5.71. The van der Waals surface area contributed by atoms with Crippen LogP contribution in [0.4, 0.5) is 0 Å². The van der Waals surface area contributed by atoms with Gasteiger partial charge in [0.1, 0.15) is 0 Å². The van der Waals surface area contributed by atoms with Gasteiger partial charge in [0.25, 0.3) is 0 Å². The Morgan fingerprint density at radius 1 is 1.42 bits per heavy atom. The van der Waals surface area contributed by atoms with Crippen molar-refractivity contribution in [1.82, 2.24) is 30.2 Å². The maximum Gasteiger partial charge on any atom is 0.246 e. The third-order valence-electron chi connectivity index (χ3n) is 3.96. The van der Waals surface area contributed by atoms with Crippen LogP contribution in [0.1, 0.15) is 29.3 Å². The SMILES string of the molecule is Cc1n[nH]c(C)c1CCC(=O)NCc1nc(-c2cccn2C)no1. The number of nitrogens with one attached hydrogen (secondary N) is 2. The van der Waals surface area contributed by atoms with E-state index in [9.17, 15) is 4.79 Å². The van der Waals surface area contributed by atoms with E-state index in [1.807, 2.05) is 43.8 Å². The molecule has 0 atom stereocenters. The van der Waals surface area contributed by atoms with Gasteiger partial charge in [-0.2, -0.15) is 10.1 Å². The minimum absolute atomic E-state index is 0.0615. The molecule has 3 heterocycles. The zero-order valence-electron chi connectivity index (χ0n) is 14.0. The summed E-state index contributed by atoms with van der Waals surface area (Å²) in [5.74, 6) is 0.834. The van der Waals surface area contributed by atoms with E-state index in [2.05, 4.69) is 25.7 Å². The quantitative estimate of drug-likeness (QED) is 0.716. The number of aryl methyl sites for hydroxylation is 3. The van der Waals surface area contributed by atoms with Crippen molar-refractivity contribution in [3.63, 3.8) is 0 Å². The van der Waals surface area contributed by atoms with Crippen LogP contribution >= 0.6 is 0 Å². The molecule has 0 bridgehead atoms. The molecule has 8 nitrogen and oxygen atoms in total. The zero-order valence-corrected chi connectivity index (χ0v) is 14.0. The lowest BCUT2D eigenvalue weighted by atomic mass is 10.1. The normalized spacial score (nSPS) is 11.0. The number of aromatic nitrogens is 5. The van der Waals surface area contributed by atoms with Crippen molar-refractivity contribution >= 4 is 5.91 Å². The van der Waals surface area contributed by atoms with Crippen LogP contribution in [0.15, 0.2) is 22.9 Å². The Kier molecular flexibility index (Phi) is 4.45. The molecular weight excluding hydrogens is 308 g/mol. The van der Waals surface area contributed by atoms with Crippen LogP contribution in [0, 0.1) is 13.8 Å². The number of rotatable bonds is 6. The van der Waals surface area contributed by atoms with Crippen molar-refractivity contribution in [3.05, 3.63) is 41.2 Å². The predicted octanol–water partition coefficient (Wildman–Crippen LogP) is 1.66. The fraction of sp³-hybridized carbons (Fsp3) is 0.375. The standard InChI is InChI=1S/C16H20N6O2/c1-10-12(11(2)20-19-10)6-7-14(23)17-9-15-18-16(21-24-15)13-5-4-8-22(13)3/h4-5,8H,6-7,9H2,1-3H3,(H,17,23)(H,19,20). The van der Waals surface area contributed by atoms with Gasteiger partial charge in [-0.25, -0.2) is 0 Å². The summed E-state index contributed by atoms with van der Waals surface area (Å²) in [7, 11) is 1.91. The maximum atomic E-state index is 12.0. The van der Waals surface area contributed by atoms with Crippen LogP contribution in [-0.2, 0) is 24.8 Å². The monoisotopic (exact) mass is 328 g/mol. The summed E-state index contributed by atoms with van der Waals surface area (Å²) < 4.78 is 7.08. The Morgan fingerprint density at radius 3 is 2.92 bits per heavy atom. The van der Waals surface area contributed by atoms with Gasteiger partial charge >= 0.3 is 0 Å². The highest BCUT2D eigenvalue weighted by atomic mass is 16.5. The van der Waals surface area contributed by atoms with Gasteiger partial charge in [-0.1, -0.05) is 5.16 Å². The van der Waals surface area contributed by atoms with Crippen LogP contribution in [-0.4, -0.2) is 30.8 Å². The number of amides is 1. The predicted molar refractivity (Wildman–Crippen MR) is 86.9 cm³/mol. The van der Waals surface area contributed by atoms with Crippen molar-refractivity contribution < 1.29 is 9.32 Å². The average Bonchev–Trinajstić information content (AvgIpc) is 3.25. The van der Waals surface area contributed by atoms with Gasteiger partial charge in [-0.15, -0.1) is 0 Å². The molecule has 0 fully saturated rings. The summed E-state index contributed by atoms with van der Waals surface area (Å²) in [6, 6.07) is 3.82. The Labute approximate surface area is 139 Å². The molecule has 2 N–H and O–H groups in total. The highest BCUT2D eigenvalue weighted by Crippen LogP contribution is 2.15. The van der Waals surface area contributed by atoms with E-state index in [0.717, 1.165) is 22.6 Å². The van der Waals surface area contributed by atoms with Crippen molar-refractivity contribution in [3.8, 4) is 11.5 Å². The summed E-state index contributed by atoms with van der Waals surface area (Å²) in [6.45, 7) is 4.11. The molecule has 1 amide bonds. The smallest absolute Gasteiger partial charge is 0.246 e. The number of hydrogen-bond acceptors (Lipinski definition) is 5. The molecule has 0 radical (unpaired) electrons. The third kappa shape index (κ3) is 3.37. The fourth-order valence-corrected chi connectivity index (χ4v) is 2.57.